The number of ether oxygens (including phenoxy) is 1. The highest BCUT2D eigenvalue weighted by Crippen LogP contribution is 2.29. The Morgan fingerprint density at radius 3 is 2.65 bits per heavy atom. The number of pyridine rings is 1. The Bertz CT molecular complexity index is 606. The lowest BCUT2D eigenvalue weighted by molar-refractivity contribution is 0.275. The number of rotatable bonds is 3. The predicted molar refractivity (Wildman–Crippen MR) is 83.1 cm³/mol. The molecule has 1 aromatic heterocycles. The molecule has 2 rings (SSSR count). The normalized spacial score (nSPS) is 11.4. The van der Waals surface area contributed by atoms with Crippen LogP contribution in [-0.2, 0) is 12.0 Å². The van der Waals surface area contributed by atoms with Crippen LogP contribution in [0, 0.1) is 0 Å². The minimum atomic E-state index is -0.110. The van der Waals surface area contributed by atoms with Crippen molar-refractivity contribution in [3.05, 3.63) is 52.1 Å². The van der Waals surface area contributed by atoms with E-state index in [0.29, 0.717) is 11.4 Å². The molecule has 4 heteroatoms. The molecule has 0 atom stereocenters. The average Bonchev–Trinajstić information content (AvgIpc) is 2.40. The number of halogens is 1. The molecule has 2 aromatic rings. The van der Waals surface area contributed by atoms with Gasteiger partial charge in [0, 0.05) is 16.2 Å². The molecule has 0 saturated heterocycles. The zero-order valence-corrected chi connectivity index (χ0v) is 13.4. The van der Waals surface area contributed by atoms with Crippen LogP contribution in [0.4, 0.5) is 0 Å². The maximum Gasteiger partial charge on any atom is 0.224 e. The van der Waals surface area contributed by atoms with E-state index >= 15 is 0 Å². The molecule has 0 saturated carbocycles. The quantitative estimate of drug-likeness (QED) is 0.902. The molecule has 0 bridgehead atoms. The standard InChI is InChI=1S/C16H18BrNO2/c1-16(2,3)12-5-4-6-14(8-12)20-15-11(10-19)7-13(17)9-18-15/h4-9,19H,10H2,1-3H3. The van der Waals surface area contributed by atoms with Crippen molar-refractivity contribution >= 4 is 15.9 Å². The van der Waals surface area contributed by atoms with E-state index in [4.69, 9.17) is 4.74 Å². The van der Waals surface area contributed by atoms with Gasteiger partial charge in [0.05, 0.1) is 6.61 Å². The van der Waals surface area contributed by atoms with Gasteiger partial charge < -0.3 is 9.84 Å². The largest absolute Gasteiger partial charge is 0.439 e. The summed E-state index contributed by atoms with van der Waals surface area (Å²) in [6.07, 6.45) is 1.65. The van der Waals surface area contributed by atoms with Crippen LogP contribution >= 0.6 is 15.9 Å². The Kier molecular flexibility index (Phi) is 4.45. The SMILES string of the molecule is CC(C)(C)c1cccc(Oc2ncc(Br)cc2CO)c1. The maximum absolute atomic E-state index is 9.36. The summed E-state index contributed by atoms with van der Waals surface area (Å²) >= 11 is 3.33. The topological polar surface area (TPSA) is 42.4 Å². The van der Waals surface area contributed by atoms with Crippen molar-refractivity contribution in [2.24, 2.45) is 0 Å². The maximum atomic E-state index is 9.36. The molecule has 20 heavy (non-hydrogen) atoms. The van der Waals surface area contributed by atoms with Gasteiger partial charge in [0.25, 0.3) is 0 Å². The van der Waals surface area contributed by atoms with E-state index in [1.54, 1.807) is 12.3 Å². The summed E-state index contributed by atoms with van der Waals surface area (Å²) < 4.78 is 6.62. The van der Waals surface area contributed by atoms with Gasteiger partial charge in [-0.3, -0.25) is 0 Å². The lowest BCUT2D eigenvalue weighted by Crippen LogP contribution is -2.10. The molecule has 1 heterocycles. The Morgan fingerprint density at radius 1 is 1.25 bits per heavy atom. The van der Waals surface area contributed by atoms with E-state index in [0.717, 1.165) is 10.2 Å². The molecule has 0 spiro atoms. The summed E-state index contributed by atoms with van der Waals surface area (Å²) in [6.45, 7) is 6.36. The molecule has 0 amide bonds. The number of benzene rings is 1. The first kappa shape index (κ1) is 15.0. The van der Waals surface area contributed by atoms with Gasteiger partial charge in [-0.1, -0.05) is 32.9 Å². The molecular formula is C16H18BrNO2. The van der Waals surface area contributed by atoms with Gasteiger partial charge in [-0.15, -0.1) is 0 Å². The van der Waals surface area contributed by atoms with Crippen molar-refractivity contribution in [1.82, 2.24) is 4.98 Å². The molecule has 106 valence electrons. The fourth-order valence-corrected chi connectivity index (χ4v) is 2.19. The molecule has 1 aromatic carbocycles. The van der Waals surface area contributed by atoms with Crippen molar-refractivity contribution in [1.29, 1.82) is 0 Å². The molecule has 0 unspecified atom stereocenters. The number of aliphatic hydroxyl groups excluding tert-OH is 1. The van der Waals surface area contributed by atoms with Crippen LogP contribution in [0.25, 0.3) is 0 Å². The molecule has 3 nitrogen and oxygen atoms in total. The lowest BCUT2D eigenvalue weighted by Gasteiger charge is -2.19. The third kappa shape index (κ3) is 3.58. The number of hydrogen-bond acceptors (Lipinski definition) is 3. The van der Waals surface area contributed by atoms with Gasteiger partial charge in [0.2, 0.25) is 5.88 Å². The summed E-state index contributed by atoms with van der Waals surface area (Å²) in [6, 6.07) is 9.74. The number of aliphatic hydroxyl groups is 1. The van der Waals surface area contributed by atoms with Crippen molar-refractivity contribution in [3.63, 3.8) is 0 Å². The summed E-state index contributed by atoms with van der Waals surface area (Å²) in [4.78, 5) is 4.21. The number of nitrogens with zero attached hydrogens (tertiary/aromatic N) is 1. The van der Waals surface area contributed by atoms with Crippen LogP contribution in [0.5, 0.6) is 11.6 Å². The second-order valence-electron chi connectivity index (χ2n) is 5.66. The highest BCUT2D eigenvalue weighted by Gasteiger charge is 2.15. The summed E-state index contributed by atoms with van der Waals surface area (Å²) in [7, 11) is 0. The number of hydrogen-bond donors (Lipinski definition) is 1. The molecule has 0 aliphatic rings. The average molecular weight is 336 g/mol. The van der Waals surface area contributed by atoms with Gasteiger partial charge >= 0.3 is 0 Å². The summed E-state index contributed by atoms with van der Waals surface area (Å²) in [5, 5.41) is 9.36. The molecule has 0 aliphatic heterocycles. The van der Waals surface area contributed by atoms with Gasteiger partial charge in [-0.25, -0.2) is 4.98 Å². The van der Waals surface area contributed by atoms with E-state index in [-0.39, 0.29) is 12.0 Å². The Balaban J connectivity index is 2.31. The van der Waals surface area contributed by atoms with Crippen LogP contribution in [0.15, 0.2) is 41.0 Å². The van der Waals surface area contributed by atoms with Gasteiger partial charge in [0.15, 0.2) is 0 Å². The minimum absolute atomic E-state index is 0.0618. The summed E-state index contributed by atoms with van der Waals surface area (Å²) in [5.74, 6) is 1.16. The van der Waals surface area contributed by atoms with E-state index in [1.807, 2.05) is 18.2 Å². The van der Waals surface area contributed by atoms with Crippen molar-refractivity contribution < 1.29 is 9.84 Å². The Labute approximate surface area is 127 Å². The van der Waals surface area contributed by atoms with Gasteiger partial charge in [0.1, 0.15) is 5.75 Å². The van der Waals surface area contributed by atoms with E-state index < -0.39 is 0 Å². The highest BCUT2D eigenvalue weighted by atomic mass is 79.9. The highest BCUT2D eigenvalue weighted by molar-refractivity contribution is 9.10. The van der Waals surface area contributed by atoms with Crippen LogP contribution in [0.2, 0.25) is 0 Å². The first-order valence-corrected chi connectivity index (χ1v) is 7.23. The van der Waals surface area contributed by atoms with Crippen LogP contribution < -0.4 is 4.74 Å². The first-order chi connectivity index (χ1) is 9.40. The van der Waals surface area contributed by atoms with Gasteiger partial charge in [-0.05, 0) is 45.1 Å². The fraction of sp³-hybridized carbons (Fsp3) is 0.312. The summed E-state index contributed by atoms with van der Waals surface area (Å²) in [5.41, 5.74) is 1.91. The van der Waals surface area contributed by atoms with E-state index in [1.165, 1.54) is 5.56 Å². The monoisotopic (exact) mass is 335 g/mol. The third-order valence-corrected chi connectivity index (χ3v) is 3.41. The zero-order chi connectivity index (χ0) is 14.8. The van der Waals surface area contributed by atoms with Gasteiger partial charge in [-0.2, -0.15) is 0 Å². The van der Waals surface area contributed by atoms with E-state index in [9.17, 15) is 5.11 Å². The minimum Gasteiger partial charge on any atom is -0.439 e. The smallest absolute Gasteiger partial charge is 0.224 e. The molecule has 1 N–H and O–H groups in total. The zero-order valence-electron chi connectivity index (χ0n) is 11.9. The van der Waals surface area contributed by atoms with Crippen molar-refractivity contribution in [3.8, 4) is 11.6 Å². The van der Waals surface area contributed by atoms with Crippen LogP contribution in [0.1, 0.15) is 31.9 Å². The van der Waals surface area contributed by atoms with Crippen LogP contribution in [0.3, 0.4) is 0 Å². The molecular weight excluding hydrogens is 318 g/mol. The Hall–Kier alpha value is -1.39. The number of aromatic nitrogens is 1. The molecule has 0 aliphatic carbocycles. The second-order valence-corrected chi connectivity index (χ2v) is 6.57. The Morgan fingerprint density at radius 2 is 2.00 bits per heavy atom. The van der Waals surface area contributed by atoms with Crippen LogP contribution in [-0.4, -0.2) is 10.1 Å². The van der Waals surface area contributed by atoms with Crippen molar-refractivity contribution in [2.75, 3.05) is 0 Å². The third-order valence-electron chi connectivity index (χ3n) is 2.98. The molecule has 0 radical (unpaired) electrons. The molecule has 0 fully saturated rings. The predicted octanol–water partition coefficient (Wildman–Crippen LogP) is 4.43. The fourth-order valence-electron chi connectivity index (χ4n) is 1.81. The van der Waals surface area contributed by atoms with E-state index in [2.05, 4.69) is 47.8 Å². The lowest BCUT2D eigenvalue weighted by atomic mass is 9.87. The second kappa shape index (κ2) is 5.94. The first-order valence-electron chi connectivity index (χ1n) is 6.44. The van der Waals surface area contributed by atoms with Crippen molar-refractivity contribution in [2.45, 2.75) is 32.8 Å².